The van der Waals surface area contributed by atoms with Gasteiger partial charge in [-0.2, -0.15) is 0 Å². The Balaban J connectivity index is 1.74. The molecule has 172 valence electrons. The Morgan fingerprint density at radius 2 is 1.97 bits per heavy atom. The van der Waals surface area contributed by atoms with Crippen LogP contribution in [0.5, 0.6) is 0 Å². The molecule has 31 heavy (non-hydrogen) atoms. The molecule has 4 rings (SSSR count). The first kappa shape index (κ1) is 22.5. The third-order valence-electron chi connectivity index (χ3n) is 9.56. The van der Waals surface area contributed by atoms with Crippen LogP contribution in [0.2, 0.25) is 0 Å². The predicted molar refractivity (Wildman–Crippen MR) is 111 cm³/mol. The fourth-order valence-corrected chi connectivity index (χ4v) is 7.84. The van der Waals surface area contributed by atoms with Crippen LogP contribution in [0.4, 0.5) is 0 Å². The largest absolute Gasteiger partial charge is 0.481 e. The summed E-state index contributed by atoms with van der Waals surface area (Å²) >= 11 is 0. The highest BCUT2D eigenvalue weighted by molar-refractivity contribution is 5.92. The van der Waals surface area contributed by atoms with Gasteiger partial charge >= 0.3 is 11.9 Å². The second kappa shape index (κ2) is 7.41. The van der Waals surface area contributed by atoms with Crippen molar-refractivity contribution in [3.8, 4) is 0 Å². The number of carbonyl (C=O) groups is 3. The van der Waals surface area contributed by atoms with Crippen LogP contribution < -0.4 is 0 Å². The molecule has 4 aliphatic carbocycles. The molecule has 0 aromatic heterocycles. The first-order chi connectivity index (χ1) is 14.5. The fraction of sp³-hybridized carbons (Fsp3) is 0.792. The summed E-state index contributed by atoms with van der Waals surface area (Å²) in [6, 6.07) is 0. The number of hydrogen-bond acceptors (Lipinski definition) is 6. The van der Waals surface area contributed by atoms with E-state index in [0.717, 1.165) is 5.57 Å². The summed E-state index contributed by atoms with van der Waals surface area (Å²) in [4.78, 5) is 36.2. The molecule has 0 aromatic rings. The standard InChI is InChI=1S/C24H34O7/c1-22-7-4-14(25)10-13(22)11-15(21(28)29)19-16-5-8-24(30,9-6-18(27)31-3)23(16,2)12-17(26)20(19)22/h10,15-17,19-20,26,30H,4-9,11-12H2,1-3H3,(H,28,29)/t15?,16-,17?,19-,20-,22-,23-,24-/m0/s1. The van der Waals surface area contributed by atoms with E-state index in [1.807, 2.05) is 6.92 Å². The van der Waals surface area contributed by atoms with Crippen molar-refractivity contribution < 1.29 is 34.4 Å². The molecule has 0 spiro atoms. The number of aliphatic hydroxyl groups excluding tert-OH is 1. The van der Waals surface area contributed by atoms with Gasteiger partial charge in [0.25, 0.3) is 0 Å². The molecule has 7 heteroatoms. The number of carbonyl (C=O) groups excluding carboxylic acids is 2. The Morgan fingerprint density at radius 3 is 2.61 bits per heavy atom. The Bertz CT molecular complexity index is 834. The van der Waals surface area contributed by atoms with Crippen molar-refractivity contribution in [1.82, 2.24) is 0 Å². The van der Waals surface area contributed by atoms with E-state index in [1.165, 1.54) is 7.11 Å². The van der Waals surface area contributed by atoms with Crippen LogP contribution in [0.25, 0.3) is 0 Å². The van der Waals surface area contributed by atoms with E-state index in [-0.39, 0.29) is 42.3 Å². The zero-order valence-electron chi connectivity index (χ0n) is 18.6. The highest BCUT2D eigenvalue weighted by Crippen LogP contribution is 2.69. The summed E-state index contributed by atoms with van der Waals surface area (Å²) < 4.78 is 4.75. The van der Waals surface area contributed by atoms with Gasteiger partial charge < -0.3 is 20.1 Å². The maximum absolute atomic E-state index is 12.4. The van der Waals surface area contributed by atoms with Gasteiger partial charge in [-0.05, 0) is 67.8 Å². The van der Waals surface area contributed by atoms with Gasteiger partial charge in [-0.3, -0.25) is 14.4 Å². The summed E-state index contributed by atoms with van der Waals surface area (Å²) in [7, 11) is 1.32. The van der Waals surface area contributed by atoms with Crippen molar-refractivity contribution in [3.63, 3.8) is 0 Å². The van der Waals surface area contributed by atoms with Gasteiger partial charge in [0.15, 0.2) is 5.78 Å². The molecule has 0 amide bonds. The van der Waals surface area contributed by atoms with Gasteiger partial charge in [0.1, 0.15) is 0 Å². The van der Waals surface area contributed by atoms with E-state index < -0.39 is 34.4 Å². The zero-order chi connectivity index (χ0) is 22.8. The highest BCUT2D eigenvalue weighted by Gasteiger charge is 2.68. The van der Waals surface area contributed by atoms with Crippen LogP contribution in [0.15, 0.2) is 11.6 Å². The minimum atomic E-state index is -1.15. The van der Waals surface area contributed by atoms with Crippen LogP contribution in [-0.2, 0) is 19.1 Å². The molecule has 8 atom stereocenters. The van der Waals surface area contributed by atoms with E-state index in [2.05, 4.69) is 6.92 Å². The number of hydrogen-bond donors (Lipinski definition) is 3. The average molecular weight is 435 g/mol. The fourth-order valence-electron chi connectivity index (χ4n) is 7.84. The lowest BCUT2D eigenvalue weighted by molar-refractivity contribution is -0.192. The zero-order valence-corrected chi connectivity index (χ0v) is 18.6. The monoisotopic (exact) mass is 434 g/mol. The first-order valence-electron chi connectivity index (χ1n) is 11.4. The molecule has 0 heterocycles. The Morgan fingerprint density at radius 1 is 1.26 bits per heavy atom. The van der Waals surface area contributed by atoms with Gasteiger partial charge in [-0.25, -0.2) is 0 Å². The van der Waals surface area contributed by atoms with E-state index in [4.69, 9.17) is 4.74 Å². The Kier molecular flexibility index (Phi) is 5.37. The molecule has 0 aromatic carbocycles. The van der Waals surface area contributed by atoms with Crippen molar-refractivity contribution in [2.75, 3.05) is 7.11 Å². The Hall–Kier alpha value is -1.73. The molecule has 2 unspecified atom stereocenters. The number of aliphatic hydroxyl groups is 2. The highest BCUT2D eigenvalue weighted by atomic mass is 16.5. The van der Waals surface area contributed by atoms with Gasteiger partial charge in [-0.15, -0.1) is 0 Å². The lowest BCUT2D eigenvalue weighted by Crippen LogP contribution is -2.62. The lowest BCUT2D eigenvalue weighted by Gasteiger charge is -2.62. The lowest BCUT2D eigenvalue weighted by atomic mass is 9.43. The number of allylic oxidation sites excluding steroid dienone is 1. The number of esters is 1. The van der Waals surface area contributed by atoms with Crippen LogP contribution in [0, 0.1) is 34.5 Å². The summed E-state index contributed by atoms with van der Waals surface area (Å²) in [5.41, 5.74) is -1.38. The van der Waals surface area contributed by atoms with Crippen molar-refractivity contribution >= 4 is 17.7 Å². The number of rotatable bonds is 4. The molecule has 3 fully saturated rings. The molecule has 0 radical (unpaired) electrons. The van der Waals surface area contributed by atoms with Crippen molar-refractivity contribution in [1.29, 1.82) is 0 Å². The minimum absolute atomic E-state index is 0.0308. The molecule has 7 nitrogen and oxygen atoms in total. The Labute approximate surface area is 182 Å². The minimum Gasteiger partial charge on any atom is -0.481 e. The number of ketones is 1. The maximum atomic E-state index is 12.4. The molecule has 3 N–H and O–H groups in total. The molecular formula is C24H34O7. The van der Waals surface area contributed by atoms with Gasteiger partial charge in [-0.1, -0.05) is 19.4 Å². The van der Waals surface area contributed by atoms with E-state index in [9.17, 15) is 29.7 Å². The third kappa shape index (κ3) is 3.18. The number of aliphatic carboxylic acids is 1. The van der Waals surface area contributed by atoms with Crippen molar-refractivity contribution in [3.05, 3.63) is 11.6 Å². The van der Waals surface area contributed by atoms with Gasteiger partial charge in [0, 0.05) is 18.3 Å². The number of carboxylic acid groups (broad SMARTS) is 1. The maximum Gasteiger partial charge on any atom is 0.307 e. The average Bonchev–Trinajstić information content (AvgIpc) is 2.96. The van der Waals surface area contributed by atoms with Crippen LogP contribution in [-0.4, -0.2) is 51.9 Å². The molecule has 0 saturated heterocycles. The molecule has 0 aliphatic heterocycles. The van der Waals surface area contributed by atoms with Crippen molar-refractivity contribution in [2.45, 2.75) is 76.9 Å². The predicted octanol–water partition coefficient (Wildman–Crippen LogP) is 2.48. The van der Waals surface area contributed by atoms with Crippen LogP contribution >= 0.6 is 0 Å². The van der Waals surface area contributed by atoms with E-state index >= 15 is 0 Å². The summed E-state index contributed by atoms with van der Waals surface area (Å²) in [5, 5.41) is 33.2. The molecular weight excluding hydrogens is 400 g/mol. The SMILES string of the molecule is COC(=O)CC[C@@]1(O)CC[C@H]2[C@@H]3C(C(=O)O)CC4=CC(=O)CC[C@]4(C)[C@H]3C(O)C[C@@]21C. The first-order valence-corrected chi connectivity index (χ1v) is 11.4. The quantitative estimate of drug-likeness (QED) is 0.581. The molecule has 4 aliphatic rings. The topological polar surface area (TPSA) is 121 Å². The normalized spacial score (nSPS) is 46.4. The smallest absolute Gasteiger partial charge is 0.307 e. The second-order valence-electron chi connectivity index (χ2n) is 10.7. The van der Waals surface area contributed by atoms with Gasteiger partial charge in [0.2, 0.25) is 0 Å². The number of methoxy groups -OCH3 is 1. The summed E-state index contributed by atoms with van der Waals surface area (Å²) in [5.74, 6) is -2.57. The van der Waals surface area contributed by atoms with Crippen molar-refractivity contribution in [2.24, 2.45) is 34.5 Å². The third-order valence-corrected chi connectivity index (χ3v) is 9.56. The van der Waals surface area contributed by atoms with Crippen LogP contribution in [0.1, 0.15) is 65.2 Å². The summed E-state index contributed by atoms with van der Waals surface area (Å²) in [6.07, 6.45) is 4.04. The molecule has 3 saturated carbocycles. The number of ether oxygens (including phenoxy) is 1. The van der Waals surface area contributed by atoms with Crippen LogP contribution in [0.3, 0.4) is 0 Å². The van der Waals surface area contributed by atoms with E-state index in [0.29, 0.717) is 38.5 Å². The summed E-state index contributed by atoms with van der Waals surface area (Å²) in [6.45, 7) is 4.03. The number of carboxylic acids is 1. The molecule has 0 bridgehead atoms. The van der Waals surface area contributed by atoms with E-state index in [1.54, 1.807) is 6.08 Å². The number of fused-ring (bicyclic) bond motifs is 5. The second-order valence-corrected chi connectivity index (χ2v) is 10.7. The van der Waals surface area contributed by atoms with Gasteiger partial charge in [0.05, 0.1) is 24.7 Å².